The zero-order valence-corrected chi connectivity index (χ0v) is 10.1. The summed E-state index contributed by atoms with van der Waals surface area (Å²) in [6, 6.07) is 10.3. The maximum absolute atomic E-state index is 12.3. The summed E-state index contributed by atoms with van der Waals surface area (Å²) in [5.41, 5.74) is 1.40. The lowest BCUT2D eigenvalue weighted by Gasteiger charge is -2.08. The van der Waals surface area contributed by atoms with Gasteiger partial charge in [0, 0.05) is 24.4 Å². The Balaban J connectivity index is 2.41. The van der Waals surface area contributed by atoms with Crippen LogP contribution in [0.15, 0.2) is 47.4 Å². The second kappa shape index (κ2) is 5.49. The van der Waals surface area contributed by atoms with E-state index in [1.807, 2.05) is 0 Å². The number of benzene rings is 1. The molecule has 0 bridgehead atoms. The van der Waals surface area contributed by atoms with Crippen LogP contribution in [0.2, 0.25) is 0 Å². The van der Waals surface area contributed by atoms with Gasteiger partial charge in [0.1, 0.15) is 5.75 Å². The topological polar surface area (TPSA) is 31.2 Å². The van der Waals surface area contributed by atoms with Gasteiger partial charge in [0.25, 0.3) is 5.56 Å². The molecule has 0 aliphatic rings. The molecule has 0 aliphatic heterocycles. The molecule has 2 rings (SSSR count). The second-order valence-electron chi connectivity index (χ2n) is 3.88. The predicted molar refractivity (Wildman–Crippen MR) is 68.3 cm³/mol. The van der Waals surface area contributed by atoms with E-state index < -0.39 is 6.67 Å². The first-order chi connectivity index (χ1) is 8.74. The van der Waals surface area contributed by atoms with E-state index >= 15 is 0 Å². The quantitative estimate of drug-likeness (QED) is 0.830. The van der Waals surface area contributed by atoms with Gasteiger partial charge in [0.2, 0.25) is 0 Å². The van der Waals surface area contributed by atoms with Crippen LogP contribution in [0.1, 0.15) is 5.56 Å². The van der Waals surface area contributed by atoms with Crippen molar-refractivity contribution in [3.63, 3.8) is 0 Å². The first kappa shape index (κ1) is 12.4. The Labute approximate surface area is 104 Å². The average molecular weight is 247 g/mol. The minimum atomic E-state index is -0.430. The molecule has 1 aromatic carbocycles. The van der Waals surface area contributed by atoms with Crippen molar-refractivity contribution >= 4 is 0 Å². The van der Waals surface area contributed by atoms with Crippen LogP contribution < -0.4 is 10.3 Å². The van der Waals surface area contributed by atoms with Crippen molar-refractivity contribution in [3.8, 4) is 11.4 Å². The maximum atomic E-state index is 12.3. The first-order valence-electron chi connectivity index (χ1n) is 5.66. The maximum Gasteiger partial charge on any atom is 0.255 e. The molecule has 18 heavy (non-hydrogen) atoms. The van der Waals surface area contributed by atoms with Crippen LogP contribution >= 0.6 is 0 Å². The fraction of sp³-hybridized carbons (Fsp3) is 0.214. The Kier molecular flexibility index (Phi) is 3.77. The van der Waals surface area contributed by atoms with Crippen LogP contribution in [0.4, 0.5) is 4.39 Å². The highest BCUT2D eigenvalue weighted by molar-refractivity contribution is 5.38. The molecule has 0 N–H and O–H groups in total. The summed E-state index contributed by atoms with van der Waals surface area (Å²) in [6.45, 7) is -0.430. The molecule has 0 unspecified atom stereocenters. The number of halogens is 1. The van der Waals surface area contributed by atoms with Crippen molar-refractivity contribution in [1.29, 1.82) is 0 Å². The zero-order valence-electron chi connectivity index (χ0n) is 10.1. The fourth-order valence-corrected chi connectivity index (χ4v) is 1.73. The first-order valence-corrected chi connectivity index (χ1v) is 5.66. The summed E-state index contributed by atoms with van der Waals surface area (Å²) in [4.78, 5) is 11.8. The zero-order chi connectivity index (χ0) is 13.0. The third-order valence-electron chi connectivity index (χ3n) is 2.71. The van der Waals surface area contributed by atoms with Gasteiger partial charge >= 0.3 is 0 Å². The number of methoxy groups -OCH3 is 1. The summed E-state index contributed by atoms with van der Waals surface area (Å²) < 4.78 is 18.9. The molecule has 3 nitrogen and oxygen atoms in total. The number of alkyl halides is 1. The lowest BCUT2D eigenvalue weighted by atomic mass is 10.2. The van der Waals surface area contributed by atoms with Gasteiger partial charge in [0.15, 0.2) is 0 Å². The Morgan fingerprint density at radius 1 is 1.17 bits per heavy atom. The molecule has 0 fully saturated rings. The lowest BCUT2D eigenvalue weighted by molar-refractivity contribution is 0.414. The van der Waals surface area contributed by atoms with Crippen LogP contribution in [0.3, 0.4) is 0 Å². The van der Waals surface area contributed by atoms with Crippen molar-refractivity contribution in [2.45, 2.75) is 6.42 Å². The van der Waals surface area contributed by atoms with E-state index in [1.165, 1.54) is 10.6 Å². The molecule has 0 saturated heterocycles. The van der Waals surface area contributed by atoms with Gasteiger partial charge < -0.3 is 4.74 Å². The van der Waals surface area contributed by atoms with Crippen molar-refractivity contribution in [1.82, 2.24) is 4.57 Å². The summed E-state index contributed by atoms with van der Waals surface area (Å²) in [5, 5.41) is 0. The number of hydrogen-bond donors (Lipinski definition) is 0. The van der Waals surface area contributed by atoms with Crippen molar-refractivity contribution in [2.24, 2.45) is 0 Å². The smallest absolute Gasteiger partial charge is 0.255 e. The Bertz CT molecular complexity index is 575. The molecule has 94 valence electrons. The van der Waals surface area contributed by atoms with E-state index in [1.54, 1.807) is 43.6 Å². The van der Waals surface area contributed by atoms with E-state index in [0.29, 0.717) is 6.42 Å². The monoisotopic (exact) mass is 247 g/mol. The molecule has 0 radical (unpaired) electrons. The highest BCUT2D eigenvalue weighted by Crippen LogP contribution is 2.14. The highest BCUT2D eigenvalue weighted by Gasteiger charge is 2.02. The van der Waals surface area contributed by atoms with Gasteiger partial charge in [-0.15, -0.1) is 0 Å². The average Bonchev–Trinajstić information content (AvgIpc) is 2.41. The van der Waals surface area contributed by atoms with Crippen molar-refractivity contribution in [3.05, 3.63) is 58.5 Å². The Hall–Kier alpha value is -2.10. The van der Waals surface area contributed by atoms with Crippen molar-refractivity contribution in [2.75, 3.05) is 13.8 Å². The summed E-state index contributed by atoms with van der Waals surface area (Å²) in [7, 11) is 1.59. The molecule has 2 aromatic rings. The van der Waals surface area contributed by atoms with E-state index in [0.717, 1.165) is 17.0 Å². The van der Waals surface area contributed by atoms with Crippen LogP contribution in [0, 0.1) is 0 Å². The van der Waals surface area contributed by atoms with Gasteiger partial charge in [-0.1, -0.05) is 6.07 Å². The fourth-order valence-electron chi connectivity index (χ4n) is 1.73. The molecule has 0 spiro atoms. The summed E-state index contributed by atoms with van der Waals surface area (Å²) >= 11 is 0. The number of aryl methyl sites for hydroxylation is 1. The molecule has 1 heterocycles. The standard InChI is InChI=1S/C14H14FNO2/c1-18-13-5-3-12(4-6-13)16-10-11(8-9-15)2-7-14(16)17/h2-7,10H,8-9H2,1H3. The van der Waals surface area contributed by atoms with Crippen LogP contribution in [0.25, 0.3) is 5.69 Å². The molecule has 0 amide bonds. The SMILES string of the molecule is COc1ccc(-n2cc(CCF)ccc2=O)cc1. The molecular weight excluding hydrogens is 233 g/mol. The van der Waals surface area contributed by atoms with Gasteiger partial charge in [-0.3, -0.25) is 13.8 Å². The van der Waals surface area contributed by atoms with Gasteiger partial charge in [-0.25, -0.2) is 0 Å². The third kappa shape index (κ3) is 2.59. The third-order valence-corrected chi connectivity index (χ3v) is 2.71. The minimum absolute atomic E-state index is 0.136. The van der Waals surface area contributed by atoms with Gasteiger partial charge in [-0.2, -0.15) is 0 Å². The number of aromatic nitrogens is 1. The number of nitrogens with zero attached hydrogens (tertiary/aromatic N) is 1. The second-order valence-corrected chi connectivity index (χ2v) is 3.88. The van der Waals surface area contributed by atoms with Crippen LogP contribution in [0.5, 0.6) is 5.75 Å². The molecule has 0 saturated carbocycles. The number of hydrogen-bond acceptors (Lipinski definition) is 2. The molecule has 1 aromatic heterocycles. The van der Waals surface area contributed by atoms with Crippen LogP contribution in [-0.2, 0) is 6.42 Å². The van der Waals surface area contributed by atoms with E-state index in [9.17, 15) is 9.18 Å². The highest BCUT2D eigenvalue weighted by atomic mass is 19.1. The van der Waals surface area contributed by atoms with Gasteiger partial charge in [0.05, 0.1) is 13.8 Å². The predicted octanol–water partition coefficient (Wildman–Crippen LogP) is 2.36. The van der Waals surface area contributed by atoms with E-state index in [2.05, 4.69) is 0 Å². The Morgan fingerprint density at radius 2 is 1.89 bits per heavy atom. The van der Waals surface area contributed by atoms with Crippen LogP contribution in [-0.4, -0.2) is 18.4 Å². The Morgan fingerprint density at radius 3 is 2.50 bits per heavy atom. The lowest BCUT2D eigenvalue weighted by Crippen LogP contribution is -2.17. The minimum Gasteiger partial charge on any atom is -0.497 e. The summed E-state index contributed by atoms with van der Waals surface area (Å²) in [6.07, 6.45) is 1.99. The number of rotatable bonds is 4. The number of ether oxygens (including phenoxy) is 1. The van der Waals surface area contributed by atoms with Crippen molar-refractivity contribution < 1.29 is 9.13 Å². The van der Waals surface area contributed by atoms with E-state index in [4.69, 9.17) is 4.74 Å². The van der Waals surface area contributed by atoms with E-state index in [-0.39, 0.29) is 5.56 Å². The number of pyridine rings is 1. The van der Waals surface area contributed by atoms with Gasteiger partial charge in [-0.05, 0) is 29.8 Å². The molecule has 0 aliphatic carbocycles. The largest absolute Gasteiger partial charge is 0.497 e. The molecule has 0 atom stereocenters. The molecule has 4 heteroatoms. The normalized spacial score (nSPS) is 10.3. The molecular formula is C14H14FNO2. The summed E-state index contributed by atoms with van der Waals surface area (Å²) in [5.74, 6) is 0.728.